The monoisotopic (exact) mass is 297 g/mol. The van der Waals surface area contributed by atoms with Gasteiger partial charge in [-0.2, -0.15) is 0 Å². The van der Waals surface area contributed by atoms with Gasteiger partial charge in [0.05, 0.1) is 6.26 Å². The minimum absolute atomic E-state index is 0.606. The molecule has 1 saturated carbocycles. The van der Waals surface area contributed by atoms with Gasteiger partial charge < -0.3 is 9.32 Å². The van der Waals surface area contributed by atoms with Crippen LogP contribution in [0.25, 0.3) is 10.8 Å². The molecule has 1 aromatic carbocycles. The number of hydrogen-bond acceptors (Lipinski definition) is 2. The third-order valence-electron chi connectivity index (χ3n) is 5.82. The molecule has 0 unspecified atom stereocenters. The van der Waals surface area contributed by atoms with Crippen molar-refractivity contribution in [1.82, 2.24) is 4.90 Å². The van der Waals surface area contributed by atoms with Crippen LogP contribution in [0.3, 0.4) is 0 Å². The molecule has 0 atom stereocenters. The molecule has 0 amide bonds. The molecule has 2 heteroatoms. The van der Waals surface area contributed by atoms with Crippen LogP contribution in [0.2, 0.25) is 0 Å². The Morgan fingerprint density at radius 3 is 2.50 bits per heavy atom. The Labute approximate surface area is 133 Å². The molecule has 4 rings (SSSR count). The highest BCUT2D eigenvalue weighted by Gasteiger charge is 2.23. The molecule has 1 saturated heterocycles. The lowest BCUT2D eigenvalue weighted by Crippen LogP contribution is -2.29. The van der Waals surface area contributed by atoms with Gasteiger partial charge in [0, 0.05) is 16.7 Å². The van der Waals surface area contributed by atoms with E-state index in [-0.39, 0.29) is 0 Å². The first-order chi connectivity index (χ1) is 10.8. The third-order valence-corrected chi connectivity index (χ3v) is 5.82. The van der Waals surface area contributed by atoms with Crippen molar-refractivity contribution in [2.24, 2.45) is 0 Å². The highest BCUT2D eigenvalue weighted by Crippen LogP contribution is 2.38. The second kappa shape index (κ2) is 6.08. The molecule has 2 fully saturated rings. The number of likely N-dealkylation sites (tertiary alicyclic amines) is 1. The normalized spacial score (nSPS) is 22.4. The van der Waals surface area contributed by atoms with Crippen molar-refractivity contribution in [2.45, 2.75) is 56.8 Å². The van der Waals surface area contributed by atoms with Crippen molar-refractivity contribution in [3.63, 3.8) is 0 Å². The van der Waals surface area contributed by atoms with Crippen LogP contribution < -0.4 is 0 Å². The molecule has 0 radical (unpaired) electrons. The summed E-state index contributed by atoms with van der Waals surface area (Å²) in [6.45, 7) is 2.38. The van der Waals surface area contributed by atoms with Gasteiger partial charge in [-0.25, -0.2) is 0 Å². The number of piperidine rings is 1. The van der Waals surface area contributed by atoms with E-state index in [1.54, 1.807) is 0 Å². The van der Waals surface area contributed by atoms with Gasteiger partial charge >= 0.3 is 0 Å². The lowest BCUT2D eigenvalue weighted by Gasteiger charge is -2.27. The van der Waals surface area contributed by atoms with Gasteiger partial charge in [0.2, 0.25) is 0 Å². The fraction of sp³-hybridized carbons (Fsp3) is 0.600. The zero-order valence-electron chi connectivity index (χ0n) is 13.7. The Balaban J connectivity index is 1.60. The van der Waals surface area contributed by atoms with Gasteiger partial charge in [-0.15, -0.1) is 0 Å². The third kappa shape index (κ3) is 2.69. The van der Waals surface area contributed by atoms with Crippen LogP contribution in [0.5, 0.6) is 0 Å². The van der Waals surface area contributed by atoms with Crippen molar-refractivity contribution in [2.75, 3.05) is 20.1 Å². The van der Waals surface area contributed by atoms with Crippen LogP contribution in [0.15, 0.2) is 28.9 Å². The summed E-state index contributed by atoms with van der Waals surface area (Å²) in [4.78, 5) is 2.42. The topological polar surface area (TPSA) is 16.4 Å². The molecule has 2 heterocycles. The largest absolute Gasteiger partial charge is 0.468 e. The smallest absolute Gasteiger partial charge is 0.114 e. The lowest BCUT2D eigenvalue weighted by atomic mass is 9.83. The molecule has 1 aliphatic heterocycles. The molecule has 2 aromatic rings. The Morgan fingerprint density at radius 1 is 0.955 bits per heavy atom. The molecule has 118 valence electrons. The zero-order chi connectivity index (χ0) is 14.9. The van der Waals surface area contributed by atoms with Crippen LogP contribution in [0.1, 0.15) is 68.1 Å². The Bertz CT molecular complexity index is 630. The summed E-state index contributed by atoms with van der Waals surface area (Å²) in [5.41, 5.74) is 1.53. The van der Waals surface area contributed by atoms with E-state index in [0.29, 0.717) is 5.92 Å². The SMILES string of the molecule is CN1CCC(c2occ3cc(C4CCCCC4)ccc23)CC1. The molecule has 22 heavy (non-hydrogen) atoms. The van der Waals surface area contributed by atoms with Crippen molar-refractivity contribution >= 4 is 10.8 Å². The van der Waals surface area contributed by atoms with Gasteiger partial charge in [0.1, 0.15) is 5.76 Å². The number of nitrogens with zero attached hydrogens (tertiary/aromatic N) is 1. The summed E-state index contributed by atoms with van der Waals surface area (Å²) in [7, 11) is 2.22. The summed E-state index contributed by atoms with van der Waals surface area (Å²) in [5, 5.41) is 2.67. The van der Waals surface area contributed by atoms with Gasteiger partial charge in [0.25, 0.3) is 0 Å². The number of furan rings is 1. The van der Waals surface area contributed by atoms with E-state index >= 15 is 0 Å². The highest BCUT2D eigenvalue weighted by molar-refractivity contribution is 5.85. The quantitative estimate of drug-likeness (QED) is 0.749. The summed E-state index contributed by atoms with van der Waals surface area (Å²) in [5.74, 6) is 2.62. The Morgan fingerprint density at radius 2 is 1.73 bits per heavy atom. The van der Waals surface area contributed by atoms with Crippen LogP contribution in [-0.4, -0.2) is 25.0 Å². The molecular formula is C20H27NO. The average molecular weight is 297 g/mol. The molecular weight excluding hydrogens is 270 g/mol. The fourth-order valence-electron chi connectivity index (χ4n) is 4.37. The van der Waals surface area contributed by atoms with Gasteiger partial charge in [0.15, 0.2) is 0 Å². The molecule has 0 N–H and O–H groups in total. The maximum absolute atomic E-state index is 6.01. The van der Waals surface area contributed by atoms with E-state index in [4.69, 9.17) is 4.42 Å². The number of hydrogen-bond donors (Lipinski definition) is 0. The van der Waals surface area contributed by atoms with Crippen molar-refractivity contribution in [3.8, 4) is 0 Å². The minimum atomic E-state index is 0.606. The first kappa shape index (κ1) is 14.3. The number of fused-ring (bicyclic) bond motifs is 1. The van der Waals surface area contributed by atoms with Crippen LogP contribution in [-0.2, 0) is 0 Å². The Kier molecular flexibility index (Phi) is 3.96. The summed E-state index contributed by atoms with van der Waals surface area (Å²) in [6.07, 6.45) is 11.4. The van der Waals surface area contributed by atoms with Gasteiger partial charge in [-0.05, 0) is 63.4 Å². The maximum Gasteiger partial charge on any atom is 0.114 e. The van der Waals surface area contributed by atoms with E-state index < -0.39 is 0 Å². The molecule has 0 spiro atoms. The molecule has 1 aromatic heterocycles. The van der Waals surface area contributed by atoms with Crippen molar-refractivity contribution in [1.29, 1.82) is 0 Å². The average Bonchev–Trinajstić information content (AvgIpc) is 2.99. The van der Waals surface area contributed by atoms with E-state index in [1.807, 2.05) is 6.26 Å². The van der Waals surface area contributed by atoms with Crippen molar-refractivity contribution < 1.29 is 4.42 Å². The lowest BCUT2D eigenvalue weighted by molar-refractivity contribution is 0.241. The summed E-state index contributed by atoms with van der Waals surface area (Å²) in [6, 6.07) is 7.09. The Hall–Kier alpha value is -1.28. The maximum atomic E-state index is 6.01. The van der Waals surface area contributed by atoms with E-state index in [0.717, 1.165) is 5.92 Å². The molecule has 1 aliphatic carbocycles. The minimum Gasteiger partial charge on any atom is -0.468 e. The molecule has 2 nitrogen and oxygen atoms in total. The van der Waals surface area contributed by atoms with E-state index in [9.17, 15) is 0 Å². The second-order valence-electron chi connectivity index (χ2n) is 7.36. The molecule has 2 aliphatic rings. The fourth-order valence-corrected chi connectivity index (χ4v) is 4.37. The molecule has 0 bridgehead atoms. The zero-order valence-corrected chi connectivity index (χ0v) is 13.7. The van der Waals surface area contributed by atoms with Crippen LogP contribution in [0.4, 0.5) is 0 Å². The highest BCUT2D eigenvalue weighted by atomic mass is 16.3. The van der Waals surface area contributed by atoms with E-state index in [1.165, 1.54) is 80.1 Å². The number of rotatable bonds is 2. The van der Waals surface area contributed by atoms with Gasteiger partial charge in [-0.1, -0.05) is 31.4 Å². The van der Waals surface area contributed by atoms with Gasteiger partial charge in [-0.3, -0.25) is 0 Å². The van der Waals surface area contributed by atoms with Crippen LogP contribution >= 0.6 is 0 Å². The summed E-state index contributed by atoms with van der Waals surface area (Å²) < 4.78 is 6.01. The first-order valence-corrected chi connectivity index (χ1v) is 9.01. The predicted molar refractivity (Wildman–Crippen MR) is 91.5 cm³/mol. The van der Waals surface area contributed by atoms with Crippen LogP contribution in [0, 0.1) is 0 Å². The predicted octanol–water partition coefficient (Wildman–Crippen LogP) is 5.29. The first-order valence-electron chi connectivity index (χ1n) is 9.01. The van der Waals surface area contributed by atoms with Crippen molar-refractivity contribution in [3.05, 3.63) is 35.8 Å². The summed E-state index contributed by atoms with van der Waals surface area (Å²) >= 11 is 0. The second-order valence-corrected chi connectivity index (χ2v) is 7.36. The number of benzene rings is 1. The van der Waals surface area contributed by atoms with E-state index in [2.05, 4.69) is 30.1 Å². The standard InChI is InChI=1S/C20H27NO/c1-21-11-9-16(10-12-21)20-19-8-7-17(13-18(19)14-22-20)15-5-3-2-4-6-15/h7-8,13-16H,2-6,9-12H2,1H3.